The van der Waals surface area contributed by atoms with Crippen LogP contribution in [-0.2, 0) is 11.3 Å². The molecular formula is C12H17NO4. The molecule has 2 atom stereocenters. The van der Waals surface area contributed by atoms with E-state index in [9.17, 15) is 9.90 Å². The Bertz CT molecular complexity index is 412. The molecule has 1 aliphatic rings. The lowest BCUT2D eigenvalue weighted by Crippen LogP contribution is -2.54. The van der Waals surface area contributed by atoms with E-state index in [1.54, 1.807) is 26.0 Å². The standard InChI is InChI=1S/C12H17NO4/c1-4-11(2)12(3,15)13(10(14)17-11)8-9-6-5-7-16-9/h5-7,15H,4,8H2,1-3H3/t11-,12+/m1/s1. The Balaban J connectivity index is 2.26. The van der Waals surface area contributed by atoms with Crippen molar-refractivity contribution in [2.45, 2.75) is 45.1 Å². The monoisotopic (exact) mass is 239 g/mol. The van der Waals surface area contributed by atoms with Gasteiger partial charge in [0.25, 0.3) is 0 Å². The molecule has 0 saturated carbocycles. The maximum Gasteiger partial charge on any atom is 0.413 e. The molecule has 0 radical (unpaired) electrons. The molecule has 1 fully saturated rings. The van der Waals surface area contributed by atoms with Crippen LogP contribution in [0.25, 0.3) is 0 Å². The summed E-state index contributed by atoms with van der Waals surface area (Å²) < 4.78 is 10.4. The Labute approximate surface area is 100.0 Å². The maximum absolute atomic E-state index is 11.8. The summed E-state index contributed by atoms with van der Waals surface area (Å²) in [5.74, 6) is 0.613. The highest BCUT2D eigenvalue weighted by Gasteiger charge is 2.58. The van der Waals surface area contributed by atoms with Crippen molar-refractivity contribution in [3.63, 3.8) is 0 Å². The van der Waals surface area contributed by atoms with Gasteiger partial charge in [-0.25, -0.2) is 4.79 Å². The first kappa shape index (κ1) is 12.0. The third-order valence-corrected chi connectivity index (χ3v) is 3.63. The number of aliphatic hydroxyl groups is 1. The summed E-state index contributed by atoms with van der Waals surface area (Å²) in [6.45, 7) is 5.39. The zero-order valence-electron chi connectivity index (χ0n) is 10.3. The second kappa shape index (κ2) is 3.77. The lowest BCUT2D eigenvalue weighted by molar-refractivity contribution is -0.140. The van der Waals surface area contributed by atoms with E-state index >= 15 is 0 Å². The van der Waals surface area contributed by atoms with Crippen molar-refractivity contribution in [3.8, 4) is 0 Å². The summed E-state index contributed by atoms with van der Waals surface area (Å²) in [5, 5.41) is 10.5. The van der Waals surface area contributed by atoms with Gasteiger partial charge in [0.15, 0.2) is 11.3 Å². The summed E-state index contributed by atoms with van der Waals surface area (Å²) in [5.41, 5.74) is -2.23. The Kier molecular flexibility index (Phi) is 2.66. The fourth-order valence-corrected chi connectivity index (χ4v) is 1.99. The Morgan fingerprint density at radius 2 is 2.18 bits per heavy atom. The zero-order valence-corrected chi connectivity index (χ0v) is 10.3. The molecule has 2 rings (SSSR count). The molecule has 5 nitrogen and oxygen atoms in total. The minimum absolute atomic E-state index is 0.203. The number of ether oxygens (including phenoxy) is 1. The van der Waals surface area contributed by atoms with E-state index in [0.29, 0.717) is 12.2 Å². The van der Waals surface area contributed by atoms with E-state index in [4.69, 9.17) is 9.15 Å². The van der Waals surface area contributed by atoms with Crippen LogP contribution in [0.5, 0.6) is 0 Å². The molecule has 0 aromatic carbocycles. The molecular weight excluding hydrogens is 222 g/mol. The van der Waals surface area contributed by atoms with Crippen molar-refractivity contribution in [3.05, 3.63) is 24.2 Å². The highest BCUT2D eigenvalue weighted by molar-refractivity contribution is 5.72. The summed E-state index contributed by atoms with van der Waals surface area (Å²) in [7, 11) is 0. The van der Waals surface area contributed by atoms with Crippen LogP contribution in [-0.4, -0.2) is 27.4 Å². The van der Waals surface area contributed by atoms with Crippen molar-refractivity contribution < 1.29 is 19.1 Å². The Morgan fingerprint density at radius 3 is 2.65 bits per heavy atom. The van der Waals surface area contributed by atoms with Gasteiger partial charge in [0.2, 0.25) is 0 Å². The average Bonchev–Trinajstić information content (AvgIpc) is 2.82. The molecule has 1 aromatic rings. The van der Waals surface area contributed by atoms with Crippen LogP contribution in [0.2, 0.25) is 0 Å². The van der Waals surface area contributed by atoms with Crippen LogP contribution in [0.1, 0.15) is 33.0 Å². The molecule has 1 aromatic heterocycles. The molecule has 17 heavy (non-hydrogen) atoms. The average molecular weight is 239 g/mol. The number of rotatable bonds is 3. The van der Waals surface area contributed by atoms with Crippen molar-refractivity contribution in [1.82, 2.24) is 4.90 Å². The number of hydrogen-bond donors (Lipinski definition) is 1. The quantitative estimate of drug-likeness (QED) is 0.877. The molecule has 5 heteroatoms. The minimum atomic E-state index is -1.34. The van der Waals surface area contributed by atoms with Gasteiger partial charge in [0.1, 0.15) is 5.76 Å². The van der Waals surface area contributed by atoms with Gasteiger partial charge in [-0.2, -0.15) is 0 Å². The molecule has 94 valence electrons. The normalized spacial score (nSPS) is 32.9. The largest absolute Gasteiger partial charge is 0.467 e. The number of carbonyl (C=O) groups is 1. The topological polar surface area (TPSA) is 62.9 Å². The van der Waals surface area contributed by atoms with Gasteiger partial charge in [-0.3, -0.25) is 4.90 Å². The second-order valence-electron chi connectivity index (χ2n) is 4.64. The molecule has 1 N–H and O–H groups in total. The van der Waals surface area contributed by atoms with Crippen LogP contribution < -0.4 is 0 Å². The van der Waals surface area contributed by atoms with Crippen LogP contribution >= 0.6 is 0 Å². The van der Waals surface area contributed by atoms with Crippen molar-refractivity contribution in [2.75, 3.05) is 0 Å². The SMILES string of the molecule is CC[C@@]1(C)OC(=O)N(Cc2ccco2)[C@@]1(C)O. The van der Waals surface area contributed by atoms with Crippen molar-refractivity contribution in [1.29, 1.82) is 0 Å². The lowest BCUT2D eigenvalue weighted by atomic mass is 9.91. The summed E-state index contributed by atoms with van der Waals surface area (Å²) >= 11 is 0. The van der Waals surface area contributed by atoms with E-state index in [-0.39, 0.29) is 6.54 Å². The number of nitrogens with zero attached hydrogens (tertiary/aromatic N) is 1. The molecule has 1 saturated heterocycles. The smallest absolute Gasteiger partial charge is 0.413 e. The molecule has 0 aliphatic carbocycles. The number of carbonyl (C=O) groups excluding carboxylic acids is 1. The van der Waals surface area contributed by atoms with Gasteiger partial charge in [0, 0.05) is 0 Å². The van der Waals surface area contributed by atoms with E-state index < -0.39 is 17.4 Å². The van der Waals surface area contributed by atoms with Gasteiger partial charge in [0.05, 0.1) is 12.8 Å². The lowest BCUT2D eigenvalue weighted by Gasteiger charge is -2.36. The number of cyclic esters (lactones) is 1. The fourth-order valence-electron chi connectivity index (χ4n) is 1.99. The number of hydrogen-bond acceptors (Lipinski definition) is 4. The molecule has 2 heterocycles. The van der Waals surface area contributed by atoms with Crippen LogP contribution in [0.4, 0.5) is 4.79 Å². The van der Waals surface area contributed by atoms with Gasteiger partial charge >= 0.3 is 6.09 Å². The van der Waals surface area contributed by atoms with Gasteiger partial charge < -0.3 is 14.3 Å². The Morgan fingerprint density at radius 1 is 1.47 bits per heavy atom. The second-order valence-corrected chi connectivity index (χ2v) is 4.64. The van der Waals surface area contributed by atoms with Crippen molar-refractivity contribution in [2.24, 2.45) is 0 Å². The van der Waals surface area contributed by atoms with E-state index in [1.165, 1.54) is 11.2 Å². The fraction of sp³-hybridized carbons (Fsp3) is 0.583. The Hall–Kier alpha value is -1.49. The highest BCUT2D eigenvalue weighted by Crippen LogP contribution is 2.40. The predicted molar refractivity (Wildman–Crippen MR) is 60.1 cm³/mol. The van der Waals surface area contributed by atoms with E-state index in [2.05, 4.69) is 0 Å². The first-order valence-electron chi connectivity index (χ1n) is 5.66. The third kappa shape index (κ3) is 1.70. The van der Waals surface area contributed by atoms with E-state index in [1.807, 2.05) is 6.92 Å². The molecule has 0 unspecified atom stereocenters. The van der Waals surface area contributed by atoms with E-state index in [0.717, 1.165) is 0 Å². The summed E-state index contributed by atoms with van der Waals surface area (Å²) in [4.78, 5) is 13.1. The summed E-state index contributed by atoms with van der Waals surface area (Å²) in [6, 6.07) is 3.50. The first-order chi connectivity index (χ1) is 7.90. The highest BCUT2D eigenvalue weighted by atomic mass is 16.6. The van der Waals surface area contributed by atoms with Gasteiger partial charge in [-0.05, 0) is 32.4 Å². The minimum Gasteiger partial charge on any atom is -0.467 e. The molecule has 0 spiro atoms. The van der Waals surface area contributed by atoms with Gasteiger partial charge in [-0.15, -0.1) is 0 Å². The molecule has 0 bridgehead atoms. The number of amides is 1. The van der Waals surface area contributed by atoms with Crippen LogP contribution in [0.3, 0.4) is 0 Å². The van der Waals surface area contributed by atoms with Crippen LogP contribution in [0, 0.1) is 0 Å². The molecule has 1 amide bonds. The van der Waals surface area contributed by atoms with Crippen molar-refractivity contribution >= 4 is 6.09 Å². The summed E-state index contributed by atoms with van der Waals surface area (Å²) in [6.07, 6.45) is 1.56. The third-order valence-electron chi connectivity index (χ3n) is 3.63. The molecule has 1 aliphatic heterocycles. The maximum atomic E-state index is 11.8. The van der Waals surface area contributed by atoms with Gasteiger partial charge in [-0.1, -0.05) is 6.92 Å². The van der Waals surface area contributed by atoms with Crippen LogP contribution in [0.15, 0.2) is 22.8 Å². The predicted octanol–water partition coefficient (Wildman–Crippen LogP) is 2.11. The first-order valence-corrected chi connectivity index (χ1v) is 5.66. The zero-order chi connectivity index (χ0) is 12.7. The number of furan rings is 1.